The number of rotatable bonds is 2. The summed E-state index contributed by atoms with van der Waals surface area (Å²) in [6.45, 7) is 1.95. The van der Waals surface area contributed by atoms with Crippen LogP contribution in [-0.4, -0.2) is 17.1 Å². The SMILES string of the molecule is CC[C@H]1S[C@H](c2ccccc2)C(=O)NC1=O. The number of carbonyl (C=O) groups is 2. The first-order valence-electron chi connectivity index (χ1n) is 5.27. The van der Waals surface area contributed by atoms with E-state index in [0.717, 1.165) is 12.0 Å². The van der Waals surface area contributed by atoms with E-state index in [0.29, 0.717) is 0 Å². The molecule has 1 saturated heterocycles. The Bertz CT molecular complexity index is 405. The van der Waals surface area contributed by atoms with E-state index in [2.05, 4.69) is 5.32 Å². The molecule has 1 aromatic carbocycles. The number of hydrogen-bond acceptors (Lipinski definition) is 3. The molecule has 2 amide bonds. The largest absolute Gasteiger partial charge is 0.294 e. The number of hydrogen-bond donors (Lipinski definition) is 1. The van der Waals surface area contributed by atoms with Gasteiger partial charge in [0.25, 0.3) is 0 Å². The molecule has 4 heteroatoms. The monoisotopic (exact) mass is 235 g/mol. The lowest BCUT2D eigenvalue weighted by atomic mass is 10.1. The molecule has 1 fully saturated rings. The predicted molar refractivity (Wildman–Crippen MR) is 64.0 cm³/mol. The maximum Gasteiger partial charge on any atom is 0.244 e. The highest BCUT2D eigenvalue weighted by molar-refractivity contribution is 8.01. The van der Waals surface area contributed by atoms with E-state index in [4.69, 9.17) is 0 Å². The molecule has 1 aromatic rings. The molecule has 0 radical (unpaired) electrons. The van der Waals surface area contributed by atoms with Gasteiger partial charge in [-0.25, -0.2) is 0 Å². The van der Waals surface area contributed by atoms with Crippen molar-refractivity contribution in [3.63, 3.8) is 0 Å². The highest BCUT2D eigenvalue weighted by Crippen LogP contribution is 2.36. The maximum absolute atomic E-state index is 11.7. The van der Waals surface area contributed by atoms with Crippen molar-refractivity contribution in [1.29, 1.82) is 0 Å². The zero-order chi connectivity index (χ0) is 11.5. The van der Waals surface area contributed by atoms with Gasteiger partial charge in [0.2, 0.25) is 11.8 Å². The van der Waals surface area contributed by atoms with Gasteiger partial charge in [-0.3, -0.25) is 14.9 Å². The van der Waals surface area contributed by atoms with E-state index in [-0.39, 0.29) is 22.3 Å². The van der Waals surface area contributed by atoms with Crippen LogP contribution in [0.5, 0.6) is 0 Å². The summed E-state index contributed by atoms with van der Waals surface area (Å²) < 4.78 is 0. The van der Waals surface area contributed by atoms with Crippen LogP contribution in [-0.2, 0) is 9.59 Å². The van der Waals surface area contributed by atoms with Gasteiger partial charge in [0.05, 0.1) is 5.25 Å². The highest BCUT2D eigenvalue weighted by Gasteiger charge is 2.34. The van der Waals surface area contributed by atoms with Gasteiger partial charge in [-0.2, -0.15) is 0 Å². The van der Waals surface area contributed by atoms with E-state index in [1.165, 1.54) is 11.8 Å². The van der Waals surface area contributed by atoms with Crippen LogP contribution in [0.15, 0.2) is 30.3 Å². The lowest BCUT2D eigenvalue weighted by Gasteiger charge is -2.26. The first-order valence-corrected chi connectivity index (χ1v) is 6.21. The molecule has 2 rings (SSSR count). The van der Waals surface area contributed by atoms with E-state index in [1.807, 2.05) is 37.3 Å². The minimum Gasteiger partial charge on any atom is -0.294 e. The molecule has 0 unspecified atom stereocenters. The Morgan fingerprint density at radius 3 is 2.50 bits per heavy atom. The quantitative estimate of drug-likeness (QED) is 0.796. The van der Waals surface area contributed by atoms with Gasteiger partial charge in [-0.1, -0.05) is 37.3 Å². The first kappa shape index (κ1) is 11.2. The fourth-order valence-electron chi connectivity index (χ4n) is 1.69. The van der Waals surface area contributed by atoms with Crippen molar-refractivity contribution in [1.82, 2.24) is 5.32 Å². The zero-order valence-electron chi connectivity index (χ0n) is 8.97. The van der Waals surface area contributed by atoms with Gasteiger partial charge in [-0.15, -0.1) is 11.8 Å². The third-order valence-electron chi connectivity index (χ3n) is 2.55. The van der Waals surface area contributed by atoms with Gasteiger partial charge in [0.15, 0.2) is 0 Å². The van der Waals surface area contributed by atoms with Crippen molar-refractivity contribution in [3.8, 4) is 0 Å². The topological polar surface area (TPSA) is 46.2 Å². The number of benzene rings is 1. The van der Waals surface area contributed by atoms with E-state index < -0.39 is 0 Å². The second-order valence-corrected chi connectivity index (χ2v) is 4.99. The minimum atomic E-state index is -0.260. The Balaban J connectivity index is 2.22. The molecule has 1 aliphatic rings. The van der Waals surface area contributed by atoms with Crippen LogP contribution >= 0.6 is 11.8 Å². The Kier molecular flexibility index (Phi) is 3.29. The average molecular weight is 235 g/mol. The molecular weight excluding hydrogens is 222 g/mol. The number of nitrogens with one attached hydrogen (secondary N) is 1. The maximum atomic E-state index is 11.7. The second kappa shape index (κ2) is 4.70. The number of thioether (sulfide) groups is 1. The van der Waals surface area contributed by atoms with Crippen LogP contribution in [0.1, 0.15) is 24.2 Å². The van der Waals surface area contributed by atoms with Crippen LogP contribution in [0.4, 0.5) is 0 Å². The number of carbonyl (C=O) groups excluding carboxylic acids is 2. The Hall–Kier alpha value is -1.29. The molecule has 3 nitrogen and oxygen atoms in total. The smallest absolute Gasteiger partial charge is 0.244 e. The highest BCUT2D eigenvalue weighted by atomic mass is 32.2. The summed E-state index contributed by atoms with van der Waals surface area (Å²) in [5.41, 5.74) is 0.955. The van der Waals surface area contributed by atoms with Crippen molar-refractivity contribution in [2.75, 3.05) is 0 Å². The number of imide groups is 1. The molecule has 0 saturated carbocycles. The molecule has 84 valence electrons. The third-order valence-corrected chi connectivity index (χ3v) is 4.18. The van der Waals surface area contributed by atoms with Crippen LogP contribution in [0.3, 0.4) is 0 Å². The Morgan fingerprint density at radius 2 is 1.88 bits per heavy atom. The summed E-state index contributed by atoms with van der Waals surface area (Å²) in [6.07, 6.45) is 0.743. The van der Waals surface area contributed by atoms with Crippen LogP contribution in [0, 0.1) is 0 Å². The van der Waals surface area contributed by atoms with Gasteiger partial charge >= 0.3 is 0 Å². The van der Waals surface area contributed by atoms with Crippen molar-refractivity contribution in [2.45, 2.75) is 23.8 Å². The lowest BCUT2D eigenvalue weighted by molar-refractivity contribution is -0.130. The van der Waals surface area contributed by atoms with E-state index >= 15 is 0 Å². The van der Waals surface area contributed by atoms with Gasteiger partial charge in [-0.05, 0) is 12.0 Å². The van der Waals surface area contributed by atoms with Crippen molar-refractivity contribution < 1.29 is 9.59 Å². The minimum absolute atomic E-state index is 0.122. The second-order valence-electron chi connectivity index (χ2n) is 3.68. The molecule has 1 N–H and O–H groups in total. The van der Waals surface area contributed by atoms with E-state index in [1.54, 1.807) is 0 Å². The van der Waals surface area contributed by atoms with E-state index in [9.17, 15) is 9.59 Å². The summed E-state index contributed by atoms with van der Waals surface area (Å²) in [5.74, 6) is -0.365. The molecule has 16 heavy (non-hydrogen) atoms. The Morgan fingerprint density at radius 1 is 1.19 bits per heavy atom. The molecule has 1 heterocycles. The molecule has 2 atom stereocenters. The van der Waals surface area contributed by atoms with Gasteiger partial charge < -0.3 is 0 Å². The first-order chi connectivity index (χ1) is 7.72. The Labute approximate surface area is 98.6 Å². The summed E-state index contributed by atoms with van der Waals surface area (Å²) in [6, 6.07) is 9.55. The summed E-state index contributed by atoms with van der Waals surface area (Å²) in [7, 11) is 0. The van der Waals surface area contributed by atoms with Crippen molar-refractivity contribution in [3.05, 3.63) is 35.9 Å². The molecule has 0 aromatic heterocycles. The molecule has 0 bridgehead atoms. The molecule has 0 spiro atoms. The fraction of sp³-hybridized carbons (Fsp3) is 0.333. The molecular formula is C12H13NO2S. The van der Waals surface area contributed by atoms with Crippen LogP contribution in [0.2, 0.25) is 0 Å². The van der Waals surface area contributed by atoms with Crippen LogP contribution in [0.25, 0.3) is 0 Å². The van der Waals surface area contributed by atoms with Gasteiger partial charge in [0.1, 0.15) is 5.25 Å². The van der Waals surface area contributed by atoms with Crippen molar-refractivity contribution >= 4 is 23.6 Å². The molecule has 1 aliphatic heterocycles. The fourth-order valence-corrected chi connectivity index (χ4v) is 2.90. The average Bonchev–Trinajstić information content (AvgIpc) is 2.30. The summed E-state index contributed by atoms with van der Waals surface area (Å²) in [4.78, 5) is 23.2. The van der Waals surface area contributed by atoms with Crippen molar-refractivity contribution in [2.24, 2.45) is 0 Å². The lowest BCUT2D eigenvalue weighted by Crippen LogP contribution is -2.44. The summed E-state index contributed by atoms with van der Waals surface area (Å²) in [5, 5.41) is 2.05. The molecule has 0 aliphatic carbocycles. The van der Waals surface area contributed by atoms with Crippen LogP contribution < -0.4 is 5.32 Å². The van der Waals surface area contributed by atoms with Gasteiger partial charge in [0, 0.05) is 0 Å². The zero-order valence-corrected chi connectivity index (χ0v) is 9.79. The predicted octanol–water partition coefficient (Wildman–Crippen LogP) is 1.90. The third kappa shape index (κ3) is 2.11. The normalized spacial score (nSPS) is 25.3. The standard InChI is InChI=1S/C12H13NO2S/c1-2-9-11(14)13-12(15)10(16-9)8-6-4-3-5-7-8/h3-7,9-10H,2H2,1H3,(H,13,14,15)/t9-,10-/m1/s1. The summed E-state index contributed by atoms with van der Waals surface area (Å²) >= 11 is 1.44. The number of amides is 2.